The largest absolute Gasteiger partial charge is 0.301 e. The summed E-state index contributed by atoms with van der Waals surface area (Å²) in [6, 6.07) is 7.94. The van der Waals surface area contributed by atoms with E-state index >= 15 is 0 Å². The predicted octanol–water partition coefficient (Wildman–Crippen LogP) is 2.24. The van der Waals surface area contributed by atoms with Gasteiger partial charge in [-0.1, -0.05) is 29.8 Å². The fraction of sp³-hybridized carbons (Fsp3) is 0.600. The van der Waals surface area contributed by atoms with Crippen LogP contribution in [0.3, 0.4) is 0 Å². The van der Waals surface area contributed by atoms with Crippen molar-refractivity contribution in [2.45, 2.75) is 19.8 Å². The minimum Gasteiger partial charge on any atom is -0.301 e. The molecule has 4 nitrogen and oxygen atoms in total. The summed E-state index contributed by atoms with van der Waals surface area (Å²) in [5, 5.41) is 0.830. The van der Waals surface area contributed by atoms with Gasteiger partial charge in [-0.2, -0.15) is 4.31 Å². The van der Waals surface area contributed by atoms with Crippen molar-refractivity contribution in [3.05, 3.63) is 34.9 Å². The Balaban J connectivity index is 1.74. The molecule has 1 aliphatic rings. The van der Waals surface area contributed by atoms with Crippen LogP contribution < -0.4 is 0 Å². The fourth-order valence-electron chi connectivity index (χ4n) is 2.61. The first-order valence-corrected chi connectivity index (χ1v) is 9.45. The average Bonchev–Trinajstić information content (AvgIpc) is 2.50. The Labute approximate surface area is 132 Å². The van der Waals surface area contributed by atoms with Gasteiger partial charge >= 0.3 is 0 Å². The van der Waals surface area contributed by atoms with E-state index in [-0.39, 0.29) is 5.75 Å². The van der Waals surface area contributed by atoms with Gasteiger partial charge in [0.2, 0.25) is 10.0 Å². The average molecular weight is 331 g/mol. The molecular formula is C15H23ClN2O2S. The van der Waals surface area contributed by atoms with Crippen molar-refractivity contribution in [3.63, 3.8) is 0 Å². The van der Waals surface area contributed by atoms with E-state index in [1.807, 2.05) is 18.2 Å². The number of sulfonamides is 1. The highest BCUT2D eigenvalue weighted by Crippen LogP contribution is 2.17. The van der Waals surface area contributed by atoms with Crippen molar-refractivity contribution in [1.82, 2.24) is 9.21 Å². The third-order valence-electron chi connectivity index (χ3n) is 3.97. The Morgan fingerprint density at radius 3 is 2.43 bits per heavy atom. The zero-order chi connectivity index (χ0) is 15.3. The summed E-state index contributed by atoms with van der Waals surface area (Å²) in [6.07, 6.45) is 2.01. The van der Waals surface area contributed by atoms with Crippen LogP contribution in [0.2, 0.25) is 5.02 Å². The lowest BCUT2D eigenvalue weighted by atomic mass is 10.1. The molecule has 1 fully saturated rings. The summed E-state index contributed by atoms with van der Waals surface area (Å²) >= 11 is 6.14. The summed E-state index contributed by atoms with van der Waals surface area (Å²) < 4.78 is 25.2. The molecule has 0 saturated carbocycles. The minimum absolute atomic E-state index is 0.194. The van der Waals surface area contributed by atoms with Gasteiger partial charge in [0.05, 0.1) is 5.75 Å². The first-order valence-electron chi connectivity index (χ1n) is 7.46. The monoisotopic (exact) mass is 330 g/mol. The van der Waals surface area contributed by atoms with Gasteiger partial charge in [-0.25, -0.2) is 8.42 Å². The zero-order valence-electron chi connectivity index (χ0n) is 12.5. The molecule has 0 unspecified atom stereocenters. The van der Waals surface area contributed by atoms with Gasteiger partial charge in [0, 0.05) is 31.2 Å². The second kappa shape index (κ2) is 7.58. The molecule has 1 aromatic rings. The maximum absolute atomic E-state index is 11.8. The number of benzene rings is 1. The Morgan fingerprint density at radius 1 is 1.14 bits per heavy atom. The number of hydrogen-bond acceptors (Lipinski definition) is 3. The molecule has 118 valence electrons. The Kier molecular flexibility index (Phi) is 6.05. The molecule has 0 N–H and O–H groups in total. The number of halogens is 1. The van der Waals surface area contributed by atoms with Gasteiger partial charge in [-0.3, -0.25) is 0 Å². The Hall–Kier alpha value is -0.620. The van der Waals surface area contributed by atoms with Crippen LogP contribution in [-0.2, 0) is 16.4 Å². The molecule has 0 amide bonds. The fourth-order valence-corrected chi connectivity index (χ4v) is 3.92. The quantitative estimate of drug-likeness (QED) is 0.803. The molecule has 0 spiro atoms. The maximum Gasteiger partial charge on any atom is 0.213 e. The van der Waals surface area contributed by atoms with Crippen LogP contribution in [0.25, 0.3) is 0 Å². The van der Waals surface area contributed by atoms with Crippen LogP contribution in [0.1, 0.15) is 18.9 Å². The van der Waals surface area contributed by atoms with Crippen LogP contribution in [0.5, 0.6) is 0 Å². The van der Waals surface area contributed by atoms with E-state index < -0.39 is 10.0 Å². The van der Waals surface area contributed by atoms with Gasteiger partial charge in [0.25, 0.3) is 0 Å². The molecule has 0 atom stereocenters. The SMILES string of the molecule is CCS(=O)(=O)N1CCN(CCCc2ccccc2Cl)CC1. The van der Waals surface area contributed by atoms with Crippen LogP contribution in [0, 0.1) is 0 Å². The van der Waals surface area contributed by atoms with Crippen LogP contribution >= 0.6 is 11.6 Å². The molecule has 0 bridgehead atoms. The highest BCUT2D eigenvalue weighted by molar-refractivity contribution is 7.89. The Bertz CT molecular complexity index is 555. The van der Waals surface area contributed by atoms with Gasteiger partial charge in [0.1, 0.15) is 0 Å². The summed E-state index contributed by atoms with van der Waals surface area (Å²) in [7, 11) is -3.02. The first-order chi connectivity index (χ1) is 10.0. The predicted molar refractivity (Wildman–Crippen MR) is 87.2 cm³/mol. The van der Waals surface area contributed by atoms with E-state index in [9.17, 15) is 8.42 Å². The van der Waals surface area contributed by atoms with Crippen molar-refractivity contribution in [2.75, 3.05) is 38.5 Å². The summed E-state index contributed by atoms with van der Waals surface area (Å²) in [6.45, 7) is 5.56. The molecule has 0 aliphatic carbocycles. The van der Waals surface area contributed by atoms with Crippen molar-refractivity contribution in [1.29, 1.82) is 0 Å². The van der Waals surface area contributed by atoms with Gasteiger partial charge in [-0.05, 0) is 37.9 Å². The molecule has 1 heterocycles. The molecule has 1 aliphatic heterocycles. The van der Waals surface area contributed by atoms with E-state index in [1.54, 1.807) is 11.2 Å². The maximum atomic E-state index is 11.8. The Morgan fingerprint density at radius 2 is 1.81 bits per heavy atom. The lowest BCUT2D eigenvalue weighted by Gasteiger charge is -2.33. The second-order valence-corrected chi connectivity index (χ2v) is 8.00. The van der Waals surface area contributed by atoms with E-state index in [0.717, 1.165) is 37.5 Å². The van der Waals surface area contributed by atoms with Crippen LogP contribution in [0.4, 0.5) is 0 Å². The van der Waals surface area contributed by atoms with Crippen molar-refractivity contribution in [3.8, 4) is 0 Å². The lowest BCUT2D eigenvalue weighted by Crippen LogP contribution is -2.49. The molecule has 0 radical (unpaired) electrons. The van der Waals surface area contributed by atoms with Crippen LogP contribution in [0.15, 0.2) is 24.3 Å². The normalized spacial score (nSPS) is 18.0. The van der Waals surface area contributed by atoms with Crippen molar-refractivity contribution >= 4 is 21.6 Å². The number of rotatable bonds is 6. The van der Waals surface area contributed by atoms with E-state index in [4.69, 9.17) is 11.6 Å². The molecule has 21 heavy (non-hydrogen) atoms. The molecule has 0 aromatic heterocycles. The molecule has 1 saturated heterocycles. The minimum atomic E-state index is -3.02. The van der Waals surface area contributed by atoms with E-state index in [0.29, 0.717) is 13.1 Å². The third kappa shape index (κ3) is 4.68. The molecule has 1 aromatic carbocycles. The van der Waals surface area contributed by atoms with Crippen molar-refractivity contribution in [2.24, 2.45) is 0 Å². The van der Waals surface area contributed by atoms with E-state index in [2.05, 4.69) is 11.0 Å². The lowest BCUT2D eigenvalue weighted by molar-refractivity contribution is 0.187. The summed E-state index contributed by atoms with van der Waals surface area (Å²) in [5.74, 6) is 0.194. The highest BCUT2D eigenvalue weighted by atomic mass is 35.5. The highest BCUT2D eigenvalue weighted by Gasteiger charge is 2.24. The standard InChI is InChI=1S/C15H23ClN2O2S/c1-2-21(19,20)18-12-10-17(11-13-18)9-5-7-14-6-3-4-8-15(14)16/h3-4,6,8H,2,5,7,9-13H2,1H3. The van der Waals surface area contributed by atoms with Crippen molar-refractivity contribution < 1.29 is 8.42 Å². The number of hydrogen-bond donors (Lipinski definition) is 0. The van der Waals surface area contributed by atoms with Gasteiger partial charge in [0.15, 0.2) is 0 Å². The van der Waals surface area contributed by atoms with Gasteiger partial charge < -0.3 is 4.90 Å². The summed E-state index contributed by atoms with van der Waals surface area (Å²) in [4.78, 5) is 2.33. The van der Waals surface area contributed by atoms with E-state index in [1.165, 1.54) is 5.56 Å². The van der Waals surface area contributed by atoms with Crippen LogP contribution in [-0.4, -0.2) is 56.1 Å². The number of piperazine rings is 1. The number of aryl methyl sites for hydroxylation is 1. The number of nitrogens with zero attached hydrogens (tertiary/aromatic N) is 2. The summed E-state index contributed by atoms with van der Waals surface area (Å²) in [5.41, 5.74) is 1.19. The second-order valence-electron chi connectivity index (χ2n) is 5.34. The zero-order valence-corrected chi connectivity index (χ0v) is 14.0. The third-order valence-corrected chi connectivity index (χ3v) is 6.22. The smallest absolute Gasteiger partial charge is 0.213 e. The first kappa shape index (κ1) is 16.7. The topological polar surface area (TPSA) is 40.6 Å². The molecule has 6 heteroatoms. The molecule has 2 rings (SSSR count). The molecular weight excluding hydrogens is 308 g/mol. The van der Waals surface area contributed by atoms with Gasteiger partial charge in [-0.15, -0.1) is 0 Å².